The zero-order chi connectivity index (χ0) is 12.7. The second-order valence-corrected chi connectivity index (χ2v) is 5.02. The Morgan fingerprint density at radius 1 is 1.47 bits per heavy atom. The van der Waals surface area contributed by atoms with Crippen LogP contribution < -0.4 is 5.73 Å². The molecule has 1 aromatic rings. The van der Waals surface area contributed by atoms with Crippen molar-refractivity contribution in [2.24, 2.45) is 5.73 Å². The Morgan fingerprint density at radius 2 is 2.24 bits per heavy atom. The van der Waals surface area contributed by atoms with E-state index >= 15 is 0 Å². The van der Waals surface area contributed by atoms with Gasteiger partial charge in [-0.05, 0) is 20.3 Å². The minimum absolute atomic E-state index is 0.534. The summed E-state index contributed by atoms with van der Waals surface area (Å²) in [6.07, 6.45) is 7.58. The first-order chi connectivity index (χ1) is 8.09. The van der Waals surface area contributed by atoms with Crippen LogP contribution in [0.15, 0.2) is 18.7 Å². The summed E-state index contributed by atoms with van der Waals surface area (Å²) in [5.74, 6) is 0. The number of imidazole rings is 1. The molecule has 1 heterocycles. The molecule has 17 heavy (non-hydrogen) atoms. The first-order valence-electron chi connectivity index (χ1n) is 6.07. The van der Waals surface area contributed by atoms with E-state index in [9.17, 15) is 0 Å². The van der Waals surface area contributed by atoms with Crippen LogP contribution in [-0.2, 0) is 6.54 Å². The highest BCUT2D eigenvalue weighted by molar-refractivity contribution is 7.80. The van der Waals surface area contributed by atoms with Crippen molar-refractivity contribution < 1.29 is 0 Å². The SMILES string of the molecule is CC(C)N(CCCn1ccnc1)CCC(N)=S. The van der Waals surface area contributed by atoms with Crippen molar-refractivity contribution in [1.82, 2.24) is 14.5 Å². The Hall–Kier alpha value is -0.940. The second-order valence-electron chi connectivity index (χ2n) is 4.50. The third kappa shape index (κ3) is 5.79. The van der Waals surface area contributed by atoms with Crippen LogP contribution in [0.4, 0.5) is 0 Å². The number of nitrogens with zero attached hydrogens (tertiary/aromatic N) is 3. The first kappa shape index (κ1) is 14.1. The van der Waals surface area contributed by atoms with Gasteiger partial charge in [-0.2, -0.15) is 0 Å². The smallest absolute Gasteiger partial charge is 0.0945 e. The highest BCUT2D eigenvalue weighted by Gasteiger charge is 2.09. The molecule has 0 aromatic carbocycles. The summed E-state index contributed by atoms with van der Waals surface area (Å²) in [4.78, 5) is 7.05. The van der Waals surface area contributed by atoms with Gasteiger partial charge in [0.25, 0.3) is 0 Å². The molecule has 0 fully saturated rings. The third-order valence-electron chi connectivity index (χ3n) is 2.80. The molecule has 1 aromatic heterocycles. The van der Waals surface area contributed by atoms with Gasteiger partial charge in [-0.3, -0.25) is 0 Å². The quantitative estimate of drug-likeness (QED) is 0.717. The molecule has 0 saturated heterocycles. The predicted octanol–water partition coefficient (Wildman–Crippen LogP) is 1.66. The van der Waals surface area contributed by atoms with Gasteiger partial charge in [0.15, 0.2) is 0 Å². The number of aryl methyl sites for hydroxylation is 1. The minimum Gasteiger partial charge on any atom is -0.393 e. The predicted molar refractivity (Wildman–Crippen MR) is 75.0 cm³/mol. The van der Waals surface area contributed by atoms with Gasteiger partial charge >= 0.3 is 0 Å². The molecular formula is C12H22N4S. The maximum Gasteiger partial charge on any atom is 0.0945 e. The molecule has 0 amide bonds. The Labute approximate surface area is 109 Å². The summed E-state index contributed by atoms with van der Waals surface area (Å²) in [6, 6.07) is 0.534. The maximum atomic E-state index is 5.54. The number of hydrogen-bond donors (Lipinski definition) is 1. The molecule has 0 bridgehead atoms. The van der Waals surface area contributed by atoms with E-state index in [0.717, 1.165) is 32.5 Å². The van der Waals surface area contributed by atoms with Crippen LogP contribution in [0.3, 0.4) is 0 Å². The number of thiocarbonyl (C=S) groups is 1. The van der Waals surface area contributed by atoms with Crippen LogP contribution in [0.2, 0.25) is 0 Å². The van der Waals surface area contributed by atoms with Crippen molar-refractivity contribution in [3.8, 4) is 0 Å². The van der Waals surface area contributed by atoms with E-state index in [-0.39, 0.29) is 0 Å². The number of aromatic nitrogens is 2. The molecule has 0 saturated carbocycles. The minimum atomic E-state index is 0.534. The van der Waals surface area contributed by atoms with Crippen molar-refractivity contribution in [3.05, 3.63) is 18.7 Å². The molecule has 4 nitrogen and oxygen atoms in total. The summed E-state index contributed by atoms with van der Waals surface area (Å²) in [5, 5.41) is 0. The van der Waals surface area contributed by atoms with Crippen molar-refractivity contribution >= 4 is 17.2 Å². The van der Waals surface area contributed by atoms with Crippen LogP contribution in [0.5, 0.6) is 0 Å². The van der Waals surface area contributed by atoms with E-state index in [4.69, 9.17) is 18.0 Å². The topological polar surface area (TPSA) is 47.1 Å². The van der Waals surface area contributed by atoms with Crippen molar-refractivity contribution in [2.75, 3.05) is 13.1 Å². The molecule has 0 aliphatic heterocycles. The van der Waals surface area contributed by atoms with E-state index in [0.29, 0.717) is 11.0 Å². The van der Waals surface area contributed by atoms with Crippen LogP contribution in [0.1, 0.15) is 26.7 Å². The van der Waals surface area contributed by atoms with E-state index in [1.807, 2.05) is 18.7 Å². The van der Waals surface area contributed by atoms with Crippen molar-refractivity contribution in [2.45, 2.75) is 39.3 Å². The Kier molecular flexibility index (Phi) is 6.15. The van der Waals surface area contributed by atoms with Gasteiger partial charge in [-0.1, -0.05) is 12.2 Å². The largest absolute Gasteiger partial charge is 0.393 e. The zero-order valence-corrected chi connectivity index (χ0v) is 11.5. The highest BCUT2D eigenvalue weighted by atomic mass is 32.1. The maximum absolute atomic E-state index is 5.54. The van der Waals surface area contributed by atoms with Crippen LogP contribution in [0, 0.1) is 0 Å². The molecular weight excluding hydrogens is 232 g/mol. The molecule has 0 unspecified atom stereocenters. The van der Waals surface area contributed by atoms with Gasteiger partial charge in [0, 0.05) is 44.5 Å². The fourth-order valence-electron chi connectivity index (χ4n) is 1.76. The Morgan fingerprint density at radius 3 is 2.76 bits per heavy atom. The summed E-state index contributed by atoms with van der Waals surface area (Å²) >= 11 is 4.92. The first-order valence-corrected chi connectivity index (χ1v) is 6.48. The average molecular weight is 254 g/mol. The molecule has 0 aliphatic rings. The molecule has 2 N–H and O–H groups in total. The van der Waals surface area contributed by atoms with E-state index in [1.54, 1.807) is 0 Å². The van der Waals surface area contributed by atoms with Gasteiger partial charge < -0.3 is 15.2 Å². The lowest BCUT2D eigenvalue weighted by Crippen LogP contribution is -2.34. The standard InChI is InChI=1S/C12H22N4S/c1-11(2)16(8-4-12(13)17)7-3-6-15-9-5-14-10-15/h5,9-11H,3-4,6-8H2,1-2H3,(H2,13,17). The van der Waals surface area contributed by atoms with Crippen molar-refractivity contribution in [3.63, 3.8) is 0 Å². The Bertz CT molecular complexity index is 321. The Balaban J connectivity index is 2.26. The molecule has 0 aliphatic carbocycles. The molecule has 96 valence electrons. The van der Waals surface area contributed by atoms with Gasteiger partial charge in [0.05, 0.1) is 11.3 Å². The van der Waals surface area contributed by atoms with E-state index < -0.39 is 0 Å². The van der Waals surface area contributed by atoms with Gasteiger partial charge in [0.1, 0.15) is 0 Å². The molecule has 5 heteroatoms. The molecule has 0 radical (unpaired) electrons. The lowest BCUT2D eigenvalue weighted by atomic mass is 10.2. The van der Waals surface area contributed by atoms with Crippen LogP contribution in [0.25, 0.3) is 0 Å². The van der Waals surface area contributed by atoms with E-state index in [1.165, 1.54) is 0 Å². The monoisotopic (exact) mass is 254 g/mol. The van der Waals surface area contributed by atoms with Crippen LogP contribution >= 0.6 is 12.2 Å². The summed E-state index contributed by atoms with van der Waals surface area (Å²) in [5.41, 5.74) is 5.54. The number of nitrogens with two attached hydrogens (primary N) is 1. The van der Waals surface area contributed by atoms with Crippen molar-refractivity contribution in [1.29, 1.82) is 0 Å². The second kappa shape index (κ2) is 7.40. The summed E-state index contributed by atoms with van der Waals surface area (Å²) in [6.45, 7) is 7.44. The van der Waals surface area contributed by atoms with Crippen LogP contribution in [-0.4, -0.2) is 38.6 Å². The fraction of sp³-hybridized carbons (Fsp3) is 0.667. The zero-order valence-electron chi connectivity index (χ0n) is 10.7. The number of rotatable bonds is 8. The fourth-order valence-corrected chi connectivity index (χ4v) is 1.85. The molecule has 0 atom stereocenters. The molecule has 0 spiro atoms. The summed E-state index contributed by atoms with van der Waals surface area (Å²) in [7, 11) is 0. The third-order valence-corrected chi connectivity index (χ3v) is 3.00. The highest BCUT2D eigenvalue weighted by Crippen LogP contribution is 2.02. The normalized spacial score (nSPS) is 11.3. The number of hydrogen-bond acceptors (Lipinski definition) is 3. The lowest BCUT2D eigenvalue weighted by molar-refractivity contribution is 0.221. The van der Waals surface area contributed by atoms with E-state index in [2.05, 4.69) is 28.3 Å². The summed E-state index contributed by atoms with van der Waals surface area (Å²) < 4.78 is 2.10. The average Bonchev–Trinajstić information content (AvgIpc) is 2.74. The van der Waals surface area contributed by atoms with Gasteiger partial charge in [-0.15, -0.1) is 0 Å². The van der Waals surface area contributed by atoms with Gasteiger partial charge in [-0.25, -0.2) is 4.98 Å². The lowest BCUT2D eigenvalue weighted by Gasteiger charge is -2.26. The van der Waals surface area contributed by atoms with Gasteiger partial charge in [0.2, 0.25) is 0 Å². The molecule has 1 rings (SSSR count).